The summed E-state index contributed by atoms with van der Waals surface area (Å²) in [7, 11) is 0. The van der Waals surface area contributed by atoms with Crippen molar-refractivity contribution in [2.24, 2.45) is 0 Å². The summed E-state index contributed by atoms with van der Waals surface area (Å²) in [5, 5.41) is 4.92. The number of aromatic nitrogens is 2. The van der Waals surface area contributed by atoms with Gasteiger partial charge in [0.25, 0.3) is 5.56 Å². The van der Waals surface area contributed by atoms with Crippen LogP contribution >= 0.6 is 0 Å². The largest absolute Gasteiger partial charge is 0.355 e. The highest BCUT2D eigenvalue weighted by Gasteiger charge is 2.11. The number of carbonyl (C=O) groups excluding carboxylic acids is 2. The van der Waals surface area contributed by atoms with Gasteiger partial charge in [-0.05, 0) is 12.5 Å². The number of hydrogen-bond donors (Lipinski definition) is 2. The Morgan fingerprint density at radius 2 is 1.72 bits per heavy atom. The lowest BCUT2D eigenvalue weighted by Crippen LogP contribution is -2.44. The van der Waals surface area contributed by atoms with Crippen LogP contribution in [0.1, 0.15) is 12.5 Å². The molecule has 0 atom stereocenters. The quantitative estimate of drug-likeness (QED) is 0.694. The zero-order chi connectivity index (χ0) is 18.2. The lowest BCUT2D eigenvalue weighted by molar-refractivity contribution is -0.126. The highest BCUT2D eigenvalue weighted by molar-refractivity contribution is 5.84. The summed E-state index contributed by atoms with van der Waals surface area (Å²) in [6.07, 6.45) is 1.40. The van der Waals surface area contributed by atoms with E-state index in [0.717, 1.165) is 10.1 Å². The maximum atomic E-state index is 12.4. The first-order valence-electron chi connectivity index (χ1n) is 7.89. The molecule has 0 aliphatic rings. The zero-order valence-corrected chi connectivity index (χ0v) is 13.9. The third-order valence-electron chi connectivity index (χ3n) is 3.46. The first-order valence-corrected chi connectivity index (χ1v) is 7.89. The van der Waals surface area contributed by atoms with Crippen molar-refractivity contribution in [2.75, 3.05) is 13.1 Å². The van der Waals surface area contributed by atoms with Crippen molar-refractivity contribution in [3.05, 3.63) is 69.0 Å². The van der Waals surface area contributed by atoms with Crippen molar-refractivity contribution in [1.29, 1.82) is 0 Å². The van der Waals surface area contributed by atoms with E-state index in [9.17, 15) is 19.2 Å². The topological polar surface area (TPSA) is 102 Å². The van der Waals surface area contributed by atoms with Crippen LogP contribution in [0.4, 0.5) is 0 Å². The fourth-order valence-electron chi connectivity index (χ4n) is 2.24. The minimum Gasteiger partial charge on any atom is -0.355 e. The standard InChI is InChI=1S/C17H20N4O4/c1-2-18-14(22)10-19-15(23)12-21-16(24)8-9-20(17(21)25)11-13-6-4-3-5-7-13/h3-9H,2,10-12H2,1H3,(H,18,22)(H,19,23). The lowest BCUT2D eigenvalue weighted by atomic mass is 10.2. The molecule has 2 rings (SSSR count). The zero-order valence-electron chi connectivity index (χ0n) is 13.9. The summed E-state index contributed by atoms with van der Waals surface area (Å²) in [5.41, 5.74) is -0.248. The van der Waals surface area contributed by atoms with Crippen molar-refractivity contribution in [3.63, 3.8) is 0 Å². The van der Waals surface area contributed by atoms with Crippen LogP contribution in [0.25, 0.3) is 0 Å². The molecule has 1 aromatic carbocycles. The lowest BCUT2D eigenvalue weighted by Gasteiger charge is -2.10. The molecule has 8 heteroatoms. The van der Waals surface area contributed by atoms with E-state index < -0.39 is 23.7 Å². The number of nitrogens with one attached hydrogen (secondary N) is 2. The molecule has 2 N–H and O–H groups in total. The van der Waals surface area contributed by atoms with E-state index in [1.807, 2.05) is 30.3 Å². The first-order chi connectivity index (χ1) is 12.0. The molecule has 0 unspecified atom stereocenters. The molecular formula is C17H20N4O4. The van der Waals surface area contributed by atoms with Crippen molar-refractivity contribution < 1.29 is 9.59 Å². The Labute approximate surface area is 144 Å². The highest BCUT2D eigenvalue weighted by atomic mass is 16.2. The van der Waals surface area contributed by atoms with Crippen molar-refractivity contribution in [2.45, 2.75) is 20.0 Å². The second-order valence-electron chi connectivity index (χ2n) is 5.37. The SMILES string of the molecule is CCNC(=O)CNC(=O)Cn1c(=O)ccn(Cc2ccccc2)c1=O. The molecule has 132 valence electrons. The number of likely N-dealkylation sites (N-methyl/N-ethyl adjacent to an activating group) is 1. The number of carbonyl (C=O) groups is 2. The summed E-state index contributed by atoms with van der Waals surface area (Å²) in [5.74, 6) is -0.916. The third-order valence-corrected chi connectivity index (χ3v) is 3.46. The van der Waals surface area contributed by atoms with Crippen LogP contribution in [0.5, 0.6) is 0 Å². The number of amides is 2. The fraction of sp³-hybridized carbons (Fsp3) is 0.294. The second kappa shape index (κ2) is 8.62. The van der Waals surface area contributed by atoms with E-state index in [1.54, 1.807) is 6.92 Å². The van der Waals surface area contributed by atoms with Gasteiger partial charge < -0.3 is 10.6 Å². The predicted molar refractivity (Wildman–Crippen MR) is 92.2 cm³/mol. The summed E-state index contributed by atoms with van der Waals surface area (Å²) in [6.45, 7) is 1.87. The maximum Gasteiger partial charge on any atom is 0.331 e. The molecule has 0 saturated heterocycles. The van der Waals surface area contributed by atoms with Gasteiger partial charge in [-0.3, -0.25) is 23.5 Å². The van der Waals surface area contributed by atoms with Crippen LogP contribution in [-0.2, 0) is 22.7 Å². The summed E-state index contributed by atoms with van der Waals surface area (Å²) in [6, 6.07) is 10.5. The molecule has 2 amide bonds. The molecule has 0 radical (unpaired) electrons. The molecule has 0 aliphatic heterocycles. The van der Waals surface area contributed by atoms with Crippen LogP contribution in [0.2, 0.25) is 0 Å². The molecule has 0 saturated carbocycles. The first kappa shape index (κ1) is 18.2. The number of hydrogen-bond acceptors (Lipinski definition) is 4. The molecule has 0 aliphatic carbocycles. The van der Waals surface area contributed by atoms with E-state index in [0.29, 0.717) is 13.1 Å². The molecule has 0 bridgehead atoms. The molecule has 0 spiro atoms. The van der Waals surface area contributed by atoms with E-state index in [2.05, 4.69) is 10.6 Å². The van der Waals surface area contributed by atoms with Gasteiger partial charge in [0.1, 0.15) is 6.54 Å². The Morgan fingerprint density at radius 1 is 1.00 bits per heavy atom. The minimum absolute atomic E-state index is 0.202. The summed E-state index contributed by atoms with van der Waals surface area (Å²) < 4.78 is 2.20. The normalized spacial score (nSPS) is 10.3. The molecule has 1 heterocycles. The average Bonchev–Trinajstić information content (AvgIpc) is 2.60. The Balaban J connectivity index is 2.11. The van der Waals surface area contributed by atoms with Gasteiger partial charge in [0.2, 0.25) is 11.8 Å². The number of rotatable bonds is 7. The van der Waals surface area contributed by atoms with Crippen LogP contribution in [0.15, 0.2) is 52.2 Å². The fourth-order valence-corrected chi connectivity index (χ4v) is 2.24. The maximum absolute atomic E-state index is 12.4. The third kappa shape index (κ3) is 5.17. The van der Waals surface area contributed by atoms with Crippen molar-refractivity contribution in [3.8, 4) is 0 Å². The van der Waals surface area contributed by atoms with E-state index in [4.69, 9.17) is 0 Å². The number of benzene rings is 1. The van der Waals surface area contributed by atoms with Crippen molar-refractivity contribution in [1.82, 2.24) is 19.8 Å². The minimum atomic E-state index is -0.581. The second-order valence-corrected chi connectivity index (χ2v) is 5.37. The summed E-state index contributed by atoms with van der Waals surface area (Å²) >= 11 is 0. The van der Waals surface area contributed by atoms with Gasteiger partial charge in [-0.15, -0.1) is 0 Å². The molecule has 25 heavy (non-hydrogen) atoms. The molecule has 8 nitrogen and oxygen atoms in total. The smallest absolute Gasteiger partial charge is 0.331 e. The van der Waals surface area contributed by atoms with Gasteiger partial charge in [0.05, 0.1) is 13.1 Å². The van der Waals surface area contributed by atoms with Gasteiger partial charge in [-0.2, -0.15) is 0 Å². The van der Waals surface area contributed by atoms with Gasteiger partial charge >= 0.3 is 5.69 Å². The van der Waals surface area contributed by atoms with Crippen LogP contribution in [0, 0.1) is 0 Å². The Kier molecular flexibility index (Phi) is 6.27. The van der Waals surface area contributed by atoms with Gasteiger partial charge in [-0.25, -0.2) is 4.79 Å². The molecular weight excluding hydrogens is 324 g/mol. The Morgan fingerprint density at radius 3 is 2.40 bits per heavy atom. The van der Waals surface area contributed by atoms with Gasteiger partial charge in [0.15, 0.2) is 0 Å². The Hall–Kier alpha value is -3.16. The predicted octanol–water partition coefficient (Wildman–Crippen LogP) is -0.689. The number of nitrogens with zero attached hydrogens (tertiary/aromatic N) is 2. The van der Waals surface area contributed by atoms with Crippen LogP contribution in [0.3, 0.4) is 0 Å². The highest BCUT2D eigenvalue weighted by Crippen LogP contribution is 1.99. The van der Waals surface area contributed by atoms with Gasteiger partial charge in [0, 0.05) is 18.8 Å². The molecule has 1 aromatic heterocycles. The molecule has 0 fully saturated rings. The van der Waals surface area contributed by atoms with E-state index in [1.165, 1.54) is 16.8 Å². The van der Waals surface area contributed by atoms with Crippen molar-refractivity contribution >= 4 is 11.8 Å². The molecule has 2 aromatic rings. The van der Waals surface area contributed by atoms with Crippen LogP contribution in [-0.4, -0.2) is 34.0 Å². The van der Waals surface area contributed by atoms with E-state index in [-0.39, 0.29) is 12.5 Å². The average molecular weight is 344 g/mol. The van der Waals surface area contributed by atoms with Gasteiger partial charge in [-0.1, -0.05) is 30.3 Å². The monoisotopic (exact) mass is 344 g/mol. The summed E-state index contributed by atoms with van der Waals surface area (Å²) in [4.78, 5) is 47.6. The van der Waals surface area contributed by atoms with E-state index >= 15 is 0 Å². The van der Waals surface area contributed by atoms with Crippen LogP contribution < -0.4 is 21.9 Å². The Bertz CT molecular complexity index is 855.